The molecule has 0 amide bonds. The standard InChI is InChI=1S/C5H5.2C3H7.2ClH.Zr/c1-2-4-5-3-1;2*1-3-2;;;/h1-5H;2*1,3H2,2H3;2*1H;/q3*-1;;;+2/p-2. The second-order valence-corrected chi connectivity index (χ2v) is 1.96. The van der Waals surface area contributed by atoms with Crippen molar-refractivity contribution < 1.29 is 51.0 Å². The molecule has 0 atom stereocenters. The van der Waals surface area contributed by atoms with Crippen LogP contribution in [0.15, 0.2) is 30.3 Å². The van der Waals surface area contributed by atoms with Gasteiger partial charge in [-0.15, -0.1) is 0 Å². The zero-order chi connectivity index (χ0) is 8.95. The summed E-state index contributed by atoms with van der Waals surface area (Å²) >= 11 is 0. The molecule has 0 aliphatic heterocycles. The van der Waals surface area contributed by atoms with Crippen LogP contribution in [0.5, 0.6) is 0 Å². The van der Waals surface area contributed by atoms with Crippen LogP contribution in [-0.4, -0.2) is 0 Å². The van der Waals surface area contributed by atoms with E-state index in [1.807, 2.05) is 44.2 Å². The predicted molar refractivity (Wildman–Crippen MR) is 53.3 cm³/mol. The predicted octanol–water partition coefficient (Wildman–Crippen LogP) is -2.13. The van der Waals surface area contributed by atoms with Gasteiger partial charge in [0.05, 0.1) is 0 Å². The summed E-state index contributed by atoms with van der Waals surface area (Å²) in [5.41, 5.74) is 0. The third-order valence-corrected chi connectivity index (χ3v) is 0.556. The van der Waals surface area contributed by atoms with Crippen molar-refractivity contribution in [2.45, 2.75) is 26.7 Å². The first kappa shape index (κ1) is 29.4. The van der Waals surface area contributed by atoms with Crippen molar-refractivity contribution in [2.75, 3.05) is 0 Å². The van der Waals surface area contributed by atoms with Gasteiger partial charge in [0.1, 0.15) is 0 Å². The van der Waals surface area contributed by atoms with E-state index < -0.39 is 0 Å². The second-order valence-electron chi connectivity index (χ2n) is 1.96. The monoisotopic (exact) mass is 311 g/mol. The minimum Gasteiger partial charge on any atom is -1.00 e. The van der Waals surface area contributed by atoms with Crippen molar-refractivity contribution in [2.24, 2.45) is 0 Å². The Hall–Kier alpha value is 0.813. The Morgan fingerprint density at radius 2 is 1.14 bits per heavy atom. The van der Waals surface area contributed by atoms with E-state index in [1.54, 1.807) is 0 Å². The van der Waals surface area contributed by atoms with Crippen molar-refractivity contribution in [1.82, 2.24) is 0 Å². The van der Waals surface area contributed by atoms with Crippen LogP contribution in [0.2, 0.25) is 0 Å². The van der Waals surface area contributed by atoms with Gasteiger partial charge in [0.2, 0.25) is 0 Å². The average Bonchev–Trinajstić information content (AvgIpc) is 2.44. The molecule has 3 heteroatoms. The Morgan fingerprint density at radius 1 is 0.929 bits per heavy atom. The maximum absolute atomic E-state index is 3.49. The van der Waals surface area contributed by atoms with Crippen molar-refractivity contribution in [3.63, 3.8) is 0 Å². The molecule has 0 nitrogen and oxygen atoms in total. The van der Waals surface area contributed by atoms with E-state index in [1.165, 1.54) is 0 Å². The Kier molecular flexibility index (Phi) is 77.9. The van der Waals surface area contributed by atoms with Gasteiger partial charge in [-0.1, -0.05) is 13.8 Å². The average molecular weight is 313 g/mol. The molecule has 84 valence electrons. The van der Waals surface area contributed by atoms with Crippen molar-refractivity contribution >= 4 is 0 Å². The van der Waals surface area contributed by atoms with E-state index in [9.17, 15) is 0 Å². The van der Waals surface area contributed by atoms with Crippen LogP contribution in [0.25, 0.3) is 0 Å². The van der Waals surface area contributed by atoms with Gasteiger partial charge in [0.15, 0.2) is 0 Å². The number of halogens is 2. The van der Waals surface area contributed by atoms with Crippen LogP contribution in [0.4, 0.5) is 0 Å². The largest absolute Gasteiger partial charge is 2.00 e. The SMILES string of the molecule is [CH2-]CC.[CH2-]CC.[Cl-].[Cl-].[Zr+2].c1cc[cH-]c1. The van der Waals surface area contributed by atoms with Crippen molar-refractivity contribution in [1.29, 1.82) is 0 Å². The molecule has 0 bridgehead atoms. The summed E-state index contributed by atoms with van der Waals surface area (Å²) in [6.07, 6.45) is 2.00. The number of hydrogen-bond donors (Lipinski definition) is 0. The zero-order valence-corrected chi connectivity index (χ0v) is 12.9. The van der Waals surface area contributed by atoms with Crippen molar-refractivity contribution in [3.8, 4) is 0 Å². The fraction of sp³-hybridized carbons (Fsp3) is 0.364. The summed E-state index contributed by atoms with van der Waals surface area (Å²) in [7, 11) is 0. The number of rotatable bonds is 0. The zero-order valence-electron chi connectivity index (χ0n) is 8.97. The summed E-state index contributed by atoms with van der Waals surface area (Å²) in [5.74, 6) is 0. The van der Waals surface area contributed by atoms with Gasteiger partial charge in [0.25, 0.3) is 0 Å². The summed E-state index contributed by atoms with van der Waals surface area (Å²) in [5, 5.41) is 0. The first-order valence-corrected chi connectivity index (χ1v) is 4.08. The van der Waals surface area contributed by atoms with Gasteiger partial charge >= 0.3 is 26.2 Å². The van der Waals surface area contributed by atoms with Crippen LogP contribution < -0.4 is 24.8 Å². The normalized spacial score (nSPS) is 5.43. The van der Waals surface area contributed by atoms with E-state index in [-0.39, 0.29) is 51.0 Å². The first-order valence-electron chi connectivity index (χ1n) is 4.08. The quantitative estimate of drug-likeness (QED) is 0.480. The van der Waals surface area contributed by atoms with Gasteiger partial charge in [-0.05, 0) is 0 Å². The third kappa shape index (κ3) is 52.9. The number of hydrogen-bond acceptors (Lipinski definition) is 0. The minimum absolute atomic E-state index is 0. The molecular formula is C11H19Cl2Zr-3. The van der Waals surface area contributed by atoms with Crippen LogP contribution >= 0.6 is 0 Å². The Morgan fingerprint density at radius 3 is 1.21 bits per heavy atom. The van der Waals surface area contributed by atoms with Gasteiger partial charge < -0.3 is 38.7 Å². The topological polar surface area (TPSA) is 0 Å². The van der Waals surface area contributed by atoms with Crippen LogP contribution in [0.3, 0.4) is 0 Å². The molecule has 0 spiro atoms. The second kappa shape index (κ2) is 37.1. The third-order valence-electron chi connectivity index (χ3n) is 0.556. The minimum atomic E-state index is 0. The maximum Gasteiger partial charge on any atom is 2.00 e. The Balaban J connectivity index is -0.0000000276. The van der Waals surface area contributed by atoms with Crippen LogP contribution in [0.1, 0.15) is 26.7 Å². The molecule has 1 aromatic rings. The molecule has 0 fully saturated rings. The van der Waals surface area contributed by atoms with E-state index in [4.69, 9.17) is 0 Å². The first-order chi connectivity index (χ1) is 5.33. The fourth-order valence-electron chi connectivity index (χ4n) is 0.321. The maximum atomic E-state index is 3.49. The van der Waals surface area contributed by atoms with Crippen LogP contribution in [-0.2, 0) is 26.2 Å². The summed E-state index contributed by atoms with van der Waals surface area (Å²) in [4.78, 5) is 0. The molecule has 0 aliphatic carbocycles. The molecule has 0 unspecified atom stereocenters. The molecule has 0 radical (unpaired) electrons. The smallest absolute Gasteiger partial charge is 1.00 e. The molecule has 14 heavy (non-hydrogen) atoms. The van der Waals surface area contributed by atoms with Gasteiger partial charge in [-0.25, -0.2) is 12.1 Å². The Labute approximate surface area is 121 Å². The van der Waals surface area contributed by atoms with Crippen LogP contribution in [0, 0.1) is 13.8 Å². The summed E-state index contributed by atoms with van der Waals surface area (Å²) < 4.78 is 0. The molecule has 0 aliphatic rings. The van der Waals surface area contributed by atoms with Gasteiger partial charge in [-0.3, -0.25) is 0 Å². The van der Waals surface area contributed by atoms with E-state index in [2.05, 4.69) is 13.8 Å². The molecule has 1 aromatic carbocycles. The molecule has 0 N–H and O–H groups in total. The Bertz CT molecular complexity index is 88.8. The van der Waals surface area contributed by atoms with Gasteiger partial charge in [-0.2, -0.15) is 31.0 Å². The van der Waals surface area contributed by atoms with E-state index in [0.717, 1.165) is 12.8 Å². The molecule has 0 saturated heterocycles. The molecule has 0 heterocycles. The molecule has 0 saturated carbocycles. The molecular weight excluding hydrogens is 294 g/mol. The van der Waals surface area contributed by atoms with Gasteiger partial charge in [0, 0.05) is 0 Å². The fourth-order valence-corrected chi connectivity index (χ4v) is 0.321. The van der Waals surface area contributed by atoms with E-state index >= 15 is 0 Å². The van der Waals surface area contributed by atoms with Crippen molar-refractivity contribution in [3.05, 3.63) is 44.2 Å². The molecule has 0 aromatic heterocycles. The molecule has 1 rings (SSSR count). The van der Waals surface area contributed by atoms with E-state index in [0.29, 0.717) is 0 Å². The summed E-state index contributed by atoms with van der Waals surface area (Å²) in [6, 6.07) is 10.0. The summed E-state index contributed by atoms with van der Waals surface area (Å²) in [6.45, 7) is 11.0.